The molecule has 1 aromatic heterocycles. The Labute approximate surface area is 140 Å². The van der Waals surface area contributed by atoms with Crippen molar-refractivity contribution >= 4 is 29.7 Å². The second kappa shape index (κ2) is 7.61. The number of aromatic nitrogens is 1. The van der Waals surface area contributed by atoms with Gasteiger partial charge < -0.3 is 9.84 Å². The summed E-state index contributed by atoms with van der Waals surface area (Å²) in [7, 11) is 0. The first-order valence-electron chi connectivity index (χ1n) is 6.77. The molecule has 1 aromatic carbocycles. The van der Waals surface area contributed by atoms with Gasteiger partial charge in [0.2, 0.25) is 0 Å². The minimum atomic E-state index is -0.949. The summed E-state index contributed by atoms with van der Waals surface area (Å²) < 4.78 is 5.60. The Kier molecular flexibility index (Phi) is 6.38. The quantitative estimate of drug-likeness (QED) is 0.886. The van der Waals surface area contributed by atoms with Crippen LogP contribution in [-0.4, -0.2) is 22.7 Å². The molecule has 1 heterocycles. The number of hydrogen-bond acceptors (Lipinski definition) is 4. The summed E-state index contributed by atoms with van der Waals surface area (Å²) in [5.41, 5.74) is 1.39. The molecule has 0 unspecified atom stereocenters. The lowest BCUT2D eigenvalue weighted by Crippen LogP contribution is -2.11. The third-order valence-electron chi connectivity index (χ3n) is 2.99. The number of hydrogen-bond donors (Lipinski definition) is 1. The third kappa shape index (κ3) is 5.00. The van der Waals surface area contributed by atoms with Crippen molar-refractivity contribution in [3.05, 3.63) is 45.9 Å². The molecule has 2 rings (SSSR count). The van der Waals surface area contributed by atoms with Crippen LogP contribution in [0.4, 0.5) is 0 Å². The van der Waals surface area contributed by atoms with Gasteiger partial charge in [-0.2, -0.15) is 0 Å². The summed E-state index contributed by atoms with van der Waals surface area (Å²) in [5, 5.41) is 12.0. The summed E-state index contributed by atoms with van der Waals surface area (Å²) in [4.78, 5) is 15.5. The smallest absolute Gasteiger partial charge is 0.335 e. The average molecular weight is 342 g/mol. The molecule has 4 nitrogen and oxygen atoms in total. The standard InChI is InChI=1S/C16H19NO3S.ClH/c1-16(2,3)13-10-21-14(17-13)7-8-20-12-6-4-5-11(9-12)15(18)19;/h4-6,9-10H,7-8H2,1-3H3,(H,18,19);1H. The van der Waals surface area contributed by atoms with E-state index >= 15 is 0 Å². The van der Waals surface area contributed by atoms with Crippen LogP contribution in [-0.2, 0) is 11.8 Å². The largest absolute Gasteiger partial charge is 0.493 e. The normalized spacial score (nSPS) is 10.9. The number of carboxylic acids is 1. The maximum absolute atomic E-state index is 10.9. The number of aromatic carboxylic acids is 1. The Balaban J connectivity index is 0.00000242. The third-order valence-corrected chi connectivity index (χ3v) is 3.89. The van der Waals surface area contributed by atoms with E-state index in [0.29, 0.717) is 12.4 Å². The van der Waals surface area contributed by atoms with Gasteiger partial charge in [-0.05, 0) is 18.2 Å². The van der Waals surface area contributed by atoms with Crippen molar-refractivity contribution in [2.75, 3.05) is 6.61 Å². The van der Waals surface area contributed by atoms with E-state index in [1.165, 1.54) is 6.07 Å². The number of rotatable bonds is 5. The predicted octanol–water partition coefficient (Wildman–Crippen LogP) is 4.18. The molecular weight excluding hydrogens is 322 g/mol. The molecule has 0 spiro atoms. The lowest BCUT2D eigenvalue weighted by Gasteiger charge is -2.14. The molecule has 6 heteroatoms. The second-order valence-electron chi connectivity index (χ2n) is 5.81. The van der Waals surface area contributed by atoms with E-state index in [-0.39, 0.29) is 23.4 Å². The van der Waals surface area contributed by atoms with Gasteiger partial charge in [-0.1, -0.05) is 26.8 Å². The topological polar surface area (TPSA) is 59.4 Å². The molecule has 0 saturated heterocycles. The Morgan fingerprint density at radius 3 is 2.68 bits per heavy atom. The van der Waals surface area contributed by atoms with Gasteiger partial charge in [-0.15, -0.1) is 23.7 Å². The number of carboxylic acid groups (broad SMARTS) is 1. The molecule has 0 amide bonds. The van der Waals surface area contributed by atoms with E-state index < -0.39 is 5.97 Å². The molecule has 0 atom stereocenters. The molecule has 0 aliphatic heterocycles. The van der Waals surface area contributed by atoms with E-state index in [1.807, 2.05) is 0 Å². The fourth-order valence-corrected chi connectivity index (χ4v) is 2.75. The zero-order valence-corrected chi connectivity index (χ0v) is 14.5. The SMILES string of the molecule is CC(C)(C)c1csc(CCOc2cccc(C(=O)O)c2)n1.Cl. The molecular formula is C16H20ClNO3S. The predicted molar refractivity (Wildman–Crippen MR) is 90.7 cm³/mol. The van der Waals surface area contributed by atoms with Gasteiger partial charge in [-0.3, -0.25) is 0 Å². The van der Waals surface area contributed by atoms with Crippen LogP contribution in [0.1, 0.15) is 41.8 Å². The molecule has 0 aliphatic carbocycles. The van der Waals surface area contributed by atoms with Crippen molar-refractivity contribution in [3.63, 3.8) is 0 Å². The Hall–Kier alpha value is -1.59. The van der Waals surface area contributed by atoms with E-state index in [2.05, 4.69) is 31.1 Å². The Morgan fingerprint density at radius 2 is 2.09 bits per heavy atom. The average Bonchev–Trinajstić information content (AvgIpc) is 2.88. The molecule has 0 radical (unpaired) electrons. The van der Waals surface area contributed by atoms with Gasteiger partial charge in [0.1, 0.15) is 5.75 Å². The Morgan fingerprint density at radius 1 is 1.36 bits per heavy atom. The van der Waals surface area contributed by atoms with Gasteiger partial charge in [0.05, 0.1) is 22.9 Å². The van der Waals surface area contributed by atoms with E-state index in [0.717, 1.165) is 17.1 Å². The van der Waals surface area contributed by atoms with Crippen LogP contribution in [0.2, 0.25) is 0 Å². The zero-order valence-electron chi connectivity index (χ0n) is 12.8. The van der Waals surface area contributed by atoms with Crippen molar-refractivity contribution < 1.29 is 14.6 Å². The maximum atomic E-state index is 10.9. The van der Waals surface area contributed by atoms with E-state index in [1.54, 1.807) is 29.5 Å². The van der Waals surface area contributed by atoms with Crippen LogP contribution >= 0.6 is 23.7 Å². The molecule has 0 fully saturated rings. The summed E-state index contributed by atoms with van der Waals surface area (Å²) in [6.07, 6.45) is 0.720. The van der Waals surface area contributed by atoms with Crippen LogP contribution in [0, 0.1) is 0 Å². The van der Waals surface area contributed by atoms with E-state index in [4.69, 9.17) is 9.84 Å². The van der Waals surface area contributed by atoms with Crippen LogP contribution < -0.4 is 4.74 Å². The molecule has 120 valence electrons. The Bertz CT molecular complexity index is 634. The van der Waals surface area contributed by atoms with E-state index in [9.17, 15) is 4.79 Å². The maximum Gasteiger partial charge on any atom is 0.335 e. The van der Waals surface area contributed by atoms with Crippen molar-refractivity contribution in [2.24, 2.45) is 0 Å². The summed E-state index contributed by atoms with van der Waals surface area (Å²) in [6, 6.07) is 6.52. The zero-order chi connectivity index (χ0) is 15.5. The van der Waals surface area contributed by atoms with Gasteiger partial charge in [0, 0.05) is 17.2 Å². The summed E-state index contributed by atoms with van der Waals surface area (Å²) >= 11 is 1.63. The van der Waals surface area contributed by atoms with Crippen LogP contribution in [0.5, 0.6) is 5.75 Å². The number of benzene rings is 1. The monoisotopic (exact) mass is 341 g/mol. The van der Waals surface area contributed by atoms with Crippen LogP contribution in [0.25, 0.3) is 0 Å². The molecule has 22 heavy (non-hydrogen) atoms. The number of ether oxygens (including phenoxy) is 1. The first kappa shape index (κ1) is 18.5. The van der Waals surface area contributed by atoms with Crippen molar-refractivity contribution in [2.45, 2.75) is 32.6 Å². The second-order valence-corrected chi connectivity index (χ2v) is 6.75. The number of thiazole rings is 1. The summed E-state index contributed by atoms with van der Waals surface area (Å²) in [5.74, 6) is -0.377. The van der Waals surface area contributed by atoms with Crippen molar-refractivity contribution in [1.82, 2.24) is 4.98 Å². The van der Waals surface area contributed by atoms with Crippen molar-refractivity contribution in [3.8, 4) is 5.75 Å². The van der Waals surface area contributed by atoms with Crippen molar-refractivity contribution in [1.29, 1.82) is 0 Å². The molecule has 0 aliphatic rings. The van der Waals surface area contributed by atoms with Gasteiger partial charge in [0.15, 0.2) is 0 Å². The number of nitrogens with zero attached hydrogens (tertiary/aromatic N) is 1. The number of halogens is 1. The summed E-state index contributed by atoms with van der Waals surface area (Å²) in [6.45, 7) is 6.90. The highest BCUT2D eigenvalue weighted by Gasteiger charge is 2.17. The fraction of sp³-hybridized carbons (Fsp3) is 0.375. The minimum absolute atomic E-state index is 0. The van der Waals surface area contributed by atoms with Gasteiger partial charge in [-0.25, -0.2) is 9.78 Å². The fourth-order valence-electron chi connectivity index (χ4n) is 1.75. The molecule has 2 aromatic rings. The highest BCUT2D eigenvalue weighted by atomic mass is 35.5. The molecule has 1 N–H and O–H groups in total. The van der Waals surface area contributed by atoms with Gasteiger partial charge >= 0.3 is 5.97 Å². The van der Waals surface area contributed by atoms with Crippen LogP contribution in [0.15, 0.2) is 29.6 Å². The van der Waals surface area contributed by atoms with Gasteiger partial charge in [0.25, 0.3) is 0 Å². The first-order chi connectivity index (χ1) is 9.86. The molecule has 0 saturated carbocycles. The first-order valence-corrected chi connectivity index (χ1v) is 7.65. The lowest BCUT2D eigenvalue weighted by molar-refractivity contribution is 0.0696. The highest BCUT2D eigenvalue weighted by molar-refractivity contribution is 7.09. The van der Waals surface area contributed by atoms with Crippen LogP contribution in [0.3, 0.4) is 0 Å². The highest BCUT2D eigenvalue weighted by Crippen LogP contribution is 2.24. The number of carbonyl (C=O) groups is 1. The lowest BCUT2D eigenvalue weighted by atomic mass is 9.93. The molecule has 0 bridgehead atoms. The minimum Gasteiger partial charge on any atom is -0.493 e.